The molecule has 6 atom stereocenters. The van der Waals surface area contributed by atoms with E-state index in [1.54, 1.807) is 11.1 Å². The van der Waals surface area contributed by atoms with E-state index >= 15 is 0 Å². The van der Waals surface area contributed by atoms with Gasteiger partial charge in [0.1, 0.15) is 6.10 Å². The minimum atomic E-state index is -1.79. The SMILES string of the molecule is CC(=O)O[C@@H]1CC[C@]2(C)C(=CC[C@@H]3C4=CC[C@@H](O[Si](C)(C)C(C)(C)C)[C@]4(C)CC[C@H]32)C1. The third kappa shape index (κ3) is 3.80. The van der Waals surface area contributed by atoms with E-state index < -0.39 is 8.32 Å². The number of carbonyl (C=O) groups is 1. The van der Waals surface area contributed by atoms with Gasteiger partial charge >= 0.3 is 5.97 Å². The predicted octanol–water partition coefficient (Wildman–Crippen LogP) is 7.19. The zero-order valence-electron chi connectivity index (χ0n) is 21.1. The predicted molar refractivity (Wildman–Crippen MR) is 129 cm³/mol. The molecular formula is C27H44O3Si. The lowest BCUT2D eigenvalue weighted by molar-refractivity contribution is -0.148. The first-order valence-corrected chi connectivity index (χ1v) is 15.4. The highest BCUT2D eigenvalue weighted by molar-refractivity contribution is 6.74. The lowest BCUT2D eigenvalue weighted by atomic mass is 9.49. The van der Waals surface area contributed by atoms with Gasteiger partial charge in [0, 0.05) is 18.8 Å². The van der Waals surface area contributed by atoms with Gasteiger partial charge in [0.25, 0.3) is 0 Å². The van der Waals surface area contributed by atoms with Crippen LogP contribution >= 0.6 is 0 Å². The summed E-state index contributed by atoms with van der Waals surface area (Å²) >= 11 is 0. The van der Waals surface area contributed by atoms with Crippen molar-refractivity contribution in [3.63, 3.8) is 0 Å². The summed E-state index contributed by atoms with van der Waals surface area (Å²) in [4.78, 5) is 11.5. The average molecular weight is 445 g/mol. The molecule has 174 valence electrons. The van der Waals surface area contributed by atoms with Crippen LogP contribution in [0.25, 0.3) is 0 Å². The molecule has 31 heavy (non-hydrogen) atoms. The highest BCUT2D eigenvalue weighted by Gasteiger charge is 2.57. The molecule has 0 N–H and O–H groups in total. The van der Waals surface area contributed by atoms with E-state index in [0.29, 0.717) is 12.0 Å². The van der Waals surface area contributed by atoms with Crippen LogP contribution in [0.3, 0.4) is 0 Å². The van der Waals surface area contributed by atoms with Gasteiger partial charge in [-0.25, -0.2) is 0 Å². The van der Waals surface area contributed by atoms with Crippen molar-refractivity contribution in [3.8, 4) is 0 Å². The Balaban J connectivity index is 1.55. The number of ether oxygens (including phenoxy) is 1. The standard InChI is InChI=1S/C27H44O3Si/c1-18(28)29-20-13-15-26(5)19(17-20)9-10-21-22-11-12-24(27(22,6)16-14-23(21)26)30-31(7,8)25(2,3)4/h9,11,20-21,23-24H,10,12-17H2,1-8H3/t20-,21-,23-,24-,26-,27-/m1/s1. The summed E-state index contributed by atoms with van der Waals surface area (Å²) in [5, 5.41) is 0.250. The molecule has 0 aromatic heterocycles. The number of esters is 1. The van der Waals surface area contributed by atoms with Crippen molar-refractivity contribution >= 4 is 14.3 Å². The largest absolute Gasteiger partial charge is 0.462 e. The van der Waals surface area contributed by atoms with Gasteiger partial charge in [-0.1, -0.05) is 57.9 Å². The van der Waals surface area contributed by atoms with Gasteiger partial charge in [-0.15, -0.1) is 0 Å². The van der Waals surface area contributed by atoms with Crippen LogP contribution in [0.15, 0.2) is 23.3 Å². The van der Waals surface area contributed by atoms with Crippen LogP contribution in [0.1, 0.15) is 86.5 Å². The number of allylic oxidation sites excluding steroid dienone is 1. The number of hydrogen-bond acceptors (Lipinski definition) is 3. The van der Waals surface area contributed by atoms with Crippen molar-refractivity contribution in [1.29, 1.82) is 0 Å². The molecule has 0 aromatic rings. The van der Waals surface area contributed by atoms with Crippen molar-refractivity contribution in [1.82, 2.24) is 0 Å². The van der Waals surface area contributed by atoms with Gasteiger partial charge in [0.05, 0.1) is 6.10 Å². The maximum atomic E-state index is 11.5. The Morgan fingerprint density at radius 1 is 1.06 bits per heavy atom. The summed E-state index contributed by atoms with van der Waals surface area (Å²) in [6.45, 7) is 18.4. The number of fused-ring (bicyclic) bond motifs is 5. The Morgan fingerprint density at radius 2 is 1.74 bits per heavy atom. The van der Waals surface area contributed by atoms with E-state index in [4.69, 9.17) is 9.16 Å². The molecule has 0 bridgehead atoms. The van der Waals surface area contributed by atoms with Crippen molar-refractivity contribution in [2.45, 2.75) is 117 Å². The maximum Gasteiger partial charge on any atom is 0.302 e. The molecule has 2 fully saturated rings. The number of rotatable bonds is 3. The first kappa shape index (κ1) is 23.3. The highest BCUT2D eigenvalue weighted by Crippen LogP contribution is 2.64. The lowest BCUT2D eigenvalue weighted by Crippen LogP contribution is -2.52. The molecule has 0 amide bonds. The van der Waals surface area contributed by atoms with Gasteiger partial charge in [-0.05, 0) is 73.9 Å². The average Bonchev–Trinajstić information content (AvgIpc) is 2.96. The van der Waals surface area contributed by atoms with Crippen molar-refractivity contribution in [2.24, 2.45) is 22.7 Å². The minimum Gasteiger partial charge on any atom is -0.462 e. The topological polar surface area (TPSA) is 35.5 Å². The third-order valence-electron chi connectivity index (χ3n) is 9.96. The number of carbonyl (C=O) groups excluding carboxylic acids is 1. The molecule has 0 spiro atoms. The zero-order valence-corrected chi connectivity index (χ0v) is 22.1. The molecule has 0 saturated heterocycles. The summed E-state index contributed by atoms with van der Waals surface area (Å²) in [7, 11) is -1.79. The Labute approximate surface area is 191 Å². The van der Waals surface area contributed by atoms with Gasteiger partial charge in [0.2, 0.25) is 0 Å². The van der Waals surface area contributed by atoms with E-state index in [0.717, 1.165) is 38.0 Å². The zero-order chi connectivity index (χ0) is 22.8. The molecule has 0 aromatic carbocycles. The molecule has 4 aliphatic carbocycles. The van der Waals surface area contributed by atoms with E-state index in [1.807, 2.05) is 0 Å². The molecule has 0 unspecified atom stereocenters. The van der Waals surface area contributed by atoms with Gasteiger partial charge in [-0.3, -0.25) is 4.79 Å². The quantitative estimate of drug-likeness (QED) is 0.262. The fourth-order valence-corrected chi connectivity index (χ4v) is 8.40. The smallest absolute Gasteiger partial charge is 0.302 e. The van der Waals surface area contributed by atoms with Crippen LogP contribution in [0, 0.1) is 22.7 Å². The Hall–Kier alpha value is -0.873. The summed E-state index contributed by atoms with van der Waals surface area (Å²) in [6.07, 6.45) is 13.4. The molecule has 0 radical (unpaired) electrons. The molecule has 4 heteroatoms. The molecular weight excluding hydrogens is 400 g/mol. The molecule has 0 heterocycles. The number of hydrogen-bond donors (Lipinski definition) is 0. The molecule has 4 rings (SSSR count). The van der Waals surface area contributed by atoms with Crippen LogP contribution in [-0.2, 0) is 14.0 Å². The second-order valence-electron chi connectivity index (χ2n) is 12.8. The third-order valence-corrected chi connectivity index (χ3v) is 14.4. The summed E-state index contributed by atoms with van der Waals surface area (Å²) < 4.78 is 12.6. The maximum absolute atomic E-state index is 11.5. The molecule has 4 aliphatic rings. The molecule has 3 nitrogen and oxygen atoms in total. The summed E-state index contributed by atoms with van der Waals surface area (Å²) in [5.41, 5.74) is 3.72. The van der Waals surface area contributed by atoms with Crippen LogP contribution in [-0.4, -0.2) is 26.5 Å². The first-order valence-electron chi connectivity index (χ1n) is 12.5. The van der Waals surface area contributed by atoms with Crippen molar-refractivity contribution < 1.29 is 14.0 Å². The van der Waals surface area contributed by atoms with Gasteiger partial charge in [0.15, 0.2) is 8.32 Å². The van der Waals surface area contributed by atoms with E-state index in [9.17, 15) is 4.79 Å². The Bertz CT molecular complexity index is 804. The Kier molecular flexibility index (Phi) is 5.70. The second-order valence-corrected chi connectivity index (χ2v) is 17.5. The highest BCUT2D eigenvalue weighted by atomic mass is 28.4. The lowest BCUT2D eigenvalue weighted by Gasteiger charge is -2.57. The van der Waals surface area contributed by atoms with Crippen LogP contribution < -0.4 is 0 Å². The van der Waals surface area contributed by atoms with Crippen LogP contribution in [0.4, 0.5) is 0 Å². The van der Waals surface area contributed by atoms with E-state index in [-0.39, 0.29) is 27.9 Å². The van der Waals surface area contributed by atoms with Gasteiger partial charge < -0.3 is 9.16 Å². The van der Waals surface area contributed by atoms with Crippen molar-refractivity contribution in [2.75, 3.05) is 0 Å². The minimum absolute atomic E-state index is 0.0790. The van der Waals surface area contributed by atoms with Crippen LogP contribution in [0.2, 0.25) is 18.1 Å². The Morgan fingerprint density at radius 3 is 2.39 bits per heavy atom. The van der Waals surface area contributed by atoms with Crippen molar-refractivity contribution in [3.05, 3.63) is 23.3 Å². The van der Waals surface area contributed by atoms with E-state index in [1.165, 1.54) is 19.8 Å². The monoisotopic (exact) mass is 444 g/mol. The summed E-state index contributed by atoms with van der Waals surface area (Å²) in [6, 6.07) is 0. The molecule has 0 aliphatic heterocycles. The molecule has 2 saturated carbocycles. The first-order chi connectivity index (χ1) is 14.3. The van der Waals surface area contributed by atoms with Crippen LogP contribution in [0.5, 0.6) is 0 Å². The fraction of sp³-hybridized carbons (Fsp3) is 0.815. The second kappa shape index (κ2) is 7.58. The fourth-order valence-electron chi connectivity index (χ4n) is 6.98. The van der Waals surface area contributed by atoms with E-state index in [2.05, 4.69) is 59.9 Å². The summed E-state index contributed by atoms with van der Waals surface area (Å²) in [5.74, 6) is 1.24. The van der Waals surface area contributed by atoms with Gasteiger partial charge in [-0.2, -0.15) is 0 Å². The normalized spacial score (nSPS) is 40.3.